The first-order valence-corrected chi connectivity index (χ1v) is 9.78. The summed E-state index contributed by atoms with van der Waals surface area (Å²) in [5.74, 6) is 0.137. The minimum Gasteiger partial charge on any atom is -0.481 e. The summed E-state index contributed by atoms with van der Waals surface area (Å²) in [5.41, 5.74) is 2.71. The van der Waals surface area contributed by atoms with E-state index in [1.807, 2.05) is 27.7 Å². The second-order valence-electron chi connectivity index (χ2n) is 6.64. The Labute approximate surface area is 171 Å². The number of nitrogens with one attached hydrogen (secondary N) is 1. The van der Waals surface area contributed by atoms with Crippen molar-refractivity contribution in [2.24, 2.45) is 0 Å². The lowest BCUT2D eigenvalue weighted by molar-refractivity contribution is -0.122. The van der Waals surface area contributed by atoms with Crippen LogP contribution in [-0.4, -0.2) is 35.9 Å². The van der Waals surface area contributed by atoms with Gasteiger partial charge >= 0.3 is 0 Å². The van der Waals surface area contributed by atoms with Crippen LogP contribution in [0.2, 0.25) is 5.02 Å². The number of para-hydroxylation sites is 1. The molecule has 28 heavy (non-hydrogen) atoms. The van der Waals surface area contributed by atoms with Crippen LogP contribution in [0.1, 0.15) is 42.3 Å². The minimum atomic E-state index is -0.739. The second kappa shape index (κ2) is 9.60. The molecule has 2 aromatic rings. The van der Waals surface area contributed by atoms with Crippen molar-refractivity contribution in [2.45, 2.75) is 40.7 Å². The average molecular weight is 403 g/mol. The molecular formula is C22H27ClN2O3. The molecule has 0 aliphatic carbocycles. The molecule has 0 bridgehead atoms. The number of hydrogen-bond acceptors (Lipinski definition) is 3. The molecular weight excluding hydrogens is 376 g/mol. The molecule has 0 spiro atoms. The predicted octanol–water partition coefficient (Wildman–Crippen LogP) is 4.84. The largest absolute Gasteiger partial charge is 0.481 e. The van der Waals surface area contributed by atoms with Crippen LogP contribution in [0.5, 0.6) is 5.75 Å². The van der Waals surface area contributed by atoms with E-state index < -0.39 is 6.10 Å². The highest BCUT2D eigenvalue weighted by Crippen LogP contribution is 2.26. The number of benzene rings is 2. The molecule has 0 fully saturated rings. The van der Waals surface area contributed by atoms with Crippen LogP contribution in [0.4, 0.5) is 5.69 Å². The van der Waals surface area contributed by atoms with E-state index in [4.69, 9.17) is 16.3 Å². The predicted molar refractivity (Wildman–Crippen MR) is 113 cm³/mol. The van der Waals surface area contributed by atoms with Gasteiger partial charge in [-0.2, -0.15) is 0 Å². The Hall–Kier alpha value is -2.53. The molecule has 0 saturated heterocycles. The van der Waals surface area contributed by atoms with Crippen LogP contribution in [-0.2, 0) is 4.79 Å². The maximum Gasteiger partial charge on any atom is 0.265 e. The summed E-state index contributed by atoms with van der Waals surface area (Å²) in [6.45, 7) is 10.5. The van der Waals surface area contributed by atoms with Crippen molar-refractivity contribution in [3.05, 3.63) is 58.1 Å². The fourth-order valence-electron chi connectivity index (χ4n) is 2.93. The van der Waals surface area contributed by atoms with Crippen LogP contribution in [0.15, 0.2) is 36.4 Å². The molecule has 2 aromatic carbocycles. The van der Waals surface area contributed by atoms with Gasteiger partial charge in [-0.1, -0.05) is 23.7 Å². The Bertz CT molecular complexity index is 840. The summed E-state index contributed by atoms with van der Waals surface area (Å²) in [6, 6.07) is 10.6. The van der Waals surface area contributed by atoms with Crippen molar-refractivity contribution in [1.82, 2.24) is 4.90 Å². The van der Waals surface area contributed by atoms with Crippen LogP contribution in [0, 0.1) is 13.8 Å². The van der Waals surface area contributed by atoms with Gasteiger partial charge in [-0.3, -0.25) is 9.59 Å². The molecule has 0 unspecified atom stereocenters. The molecule has 0 aliphatic heterocycles. The number of nitrogens with zero attached hydrogens (tertiary/aromatic N) is 1. The number of amides is 2. The maximum atomic E-state index is 12.7. The van der Waals surface area contributed by atoms with Gasteiger partial charge in [0.15, 0.2) is 6.10 Å². The van der Waals surface area contributed by atoms with E-state index in [1.165, 1.54) is 0 Å². The molecule has 0 aliphatic rings. The van der Waals surface area contributed by atoms with Crippen LogP contribution < -0.4 is 10.1 Å². The molecule has 0 heterocycles. The molecule has 2 amide bonds. The van der Waals surface area contributed by atoms with E-state index >= 15 is 0 Å². The molecule has 6 heteroatoms. The minimum absolute atomic E-state index is 0.113. The fourth-order valence-corrected chi connectivity index (χ4v) is 3.04. The molecule has 0 radical (unpaired) electrons. The van der Waals surface area contributed by atoms with E-state index in [9.17, 15) is 9.59 Å². The van der Waals surface area contributed by atoms with Gasteiger partial charge in [0.1, 0.15) is 5.75 Å². The van der Waals surface area contributed by atoms with Crippen molar-refractivity contribution < 1.29 is 14.3 Å². The number of rotatable bonds is 7. The SMILES string of the molecule is CCN(CC)C(=O)c1ccccc1NC(=O)[C@@H](C)Oc1cc(C)c(Cl)c(C)c1. The van der Waals surface area contributed by atoms with Crippen molar-refractivity contribution in [3.63, 3.8) is 0 Å². The Balaban J connectivity index is 2.16. The second-order valence-corrected chi connectivity index (χ2v) is 7.02. The van der Waals surface area contributed by atoms with E-state index in [-0.39, 0.29) is 11.8 Å². The summed E-state index contributed by atoms with van der Waals surface area (Å²) >= 11 is 6.18. The molecule has 150 valence electrons. The first-order chi connectivity index (χ1) is 13.3. The number of carbonyl (C=O) groups is 2. The first kappa shape index (κ1) is 21.8. The van der Waals surface area contributed by atoms with Gasteiger partial charge in [0.25, 0.3) is 11.8 Å². The van der Waals surface area contributed by atoms with Gasteiger partial charge < -0.3 is 15.0 Å². The quantitative estimate of drug-likeness (QED) is 0.720. The lowest BCUT2D eigenvalue weighted by Gasteiger charge is -2.21. The molecule has 0 aromatic heterocycles. The van der Waals surface area contributed by atoms with Gasteiger partial charge in [-0.05, 0) is 70.0 Å². The third-order valence-corrected chi connectivity index (χ3v) is 5.15. The van der Waals surface area contributed by atoms with Gasteiger partial charge in [0.05, 0.1) is 11.3 Å². The number of halogens is 1. The summed E-state index contributed by atoms with van der Waals surface area (Å²) in [7, 11) is 0. The highest BCUT2D eigenvalue weighted by Gasteiger charge is 2.21. The topological polar surface area (TPSA) is 58.6 Å². The molecule has 1 atom stereocenters. The Morgan fingerprint density at radius 3 is 2.25 bits per heavy atom. The number of anilines is 1. The zero-order valence-corrected chi connectivity index (χ0v) is 17.8. The molecule has 2 rings (SSSR count). The highest BCUT2D eigenvalue weighted by atomic mass is 35.5. The number of ether oxygens (including phenoxy) is 1. The molecule has 1 N–H and O–H groups in total. The lowest BCUT2D eigenvalue weighted by Crippen LogP contribution is -2.33. The van der Waals surface area contributed by atoms with E-state index in [1.54, 1.807) is 48.2 Å². The summed E-state index contributed by atoms with van der Waals surface area (Å²) < 4.78 is 5.79. The number of hydrogen-bond donors (Lipinski definition) is 1. The fraction of sp³-hybridized carbons (Fsp3) is 0.364. The van der Waals surface area contributed by atoms with Gasteiger partial charge in [0.2, 0.25) is 0 Å². The normalized spacial score (nSPS) is 11.6. The van der Waals surface area contributed by atoms with Crippen molar-refractivity contribution in [3.8, 4) is 5.75 Å². The van der Waals surface area contributed by atoms with E-state index in [0.717, 1.165) is 11.1 Å². The van der Waals surface area contributed by atoms with Gasteiger partial charge in [-0.15, -0.1) is 0 Å². The van der Waals surface area contributed by atoms with Gasteiger partial charge in [0, 0.05) is 18.1 Å². The van der Waals surface area contributed by atoms with Crippen molar-refractivity contribution in [2.75, 3.05) is 18.4 Å². The maximum absolute atomic E-state index is 12.7. The zero-order chi connectivity index (χ0) is 20.8. The lowest BCUT2D eigenvalue weighted by atomic mass is 10.1. The standard InChI is InChI=1S/C22H27ClN2O3/c1-6-25(7-2)22(27)18-10-8-9-11-19(18)24-21(26)16(5)28-17-12-14(3)20(23)15(4)13-17/h8-13,16H,6-7H2,1-5H3,(H,24,26)/t16-/m1/s1. The Kier molecular flexibility index (Phi) is 7.46. The Morgan fingerprint density at radius 2 is 1.68 bits per heavy atom. The number of carbonyl (C=O) groups excluding carboxylic acids is 2. The highest BCUT2D eigenvalue weighted by molar-refractivity contribution is 6.32. The van der Waals surface area contributed by atoms with E-state index in [2.05, 4.69) is 5.32 Å². The third kappa shape index (κ3) is 5.04. The van der Waals surface area contributed by atoms with Crippen LogP contribution in [0.25, 0.3) is 0 Å². The molecule has 0 saturated carbocycles. The van der Waals surface area contributed by atoms with E-state index in [0.29, 0.717) is 35.1 Å². The van der Waals surface area contributed by atoms with Crippen LogP contribution in [0.3, 0.4) is 0 Å². The van der Waals surface area contributed by atoms with Gasteiger partial charge in [-0.25, -0.2) is 0 Å². The third-order valence-electron chi connectivity index (χ3n) is 4.56. The monoisotopic (exact) mass is 402 g/mol. The smallest absolute Gasteiger partial charge is 0.265 e. The zero-order valence-electron chi connectivity index (χ0n) is 17.0. The Morgan fingerprint density at radius 1 is 1.11 bits per heavy atom. The van der Waals surface area contributed by atoms with Crippen LogP contribution >= 0.6 is 11.6 Å². The van der Waals surface area contributed by atoms with Crippen molar-refractivity contribution in [1.29, 1.82) is 0 Å². The average Bonchev–Trinajstić information content (AvgIpc) is 2.67. The summed E-state index contributed by atoms with van der Waals surface area (Å²) in [4.78, 5) is 27.1. The molecule has 5 nitrogen and oxygen atoms in total. The summed E-state index contributed by atoms with van der Waals surface area (Å²) in [6.07, 6.45) is -0.739. The number of aryl methyl sites for hydroxylation is 2. The van der Waals surface area contributed by atoms with Crippen molar-refractivity contribution >= 4 is 29.1 Å². The first-order valence-electron chi connectivity index (χ1n) is 9.41. The summed E-state index contributed by atoms with van der Waals surface area (Å²) in [5, 5.41) is 3.51.